The minimum atomic E-state index is -4.55. The molecule has 0 fully saturated rings. The van der Waals surface area contributed by atoms with Gasteiger partial charge in [0.15, 0.2) is 0 Å². The van der Waals surface area contributed by atoms with Gasteiger partial charge >= 0.3 is 6.18 Å². The van der Waals surface area contributed by atoms with E-state index < -0.39 is 17.2 Å². The van der Waals surface area contributed by atoms with Gasteiger partial charge in [-0.1, -0.05) is 49.3 Å². The Labute approximate surface area is 124 Å². The summed E-state index contributed by atoms with van der Waals surface area (Å²) in [7, 11) is 0. The molecular weight excluding hydrogens is 335 g/mol. The van der Waals surface area contributed by atoms with Gasteiger partial charge in [-0.05, 0) is 12.1 Å². The molecule has 6 heteroatoms. The molecule has 1 amide bonds. The van der Waals surface area contributed by atoms with Crippen LogP contribution in [0.5, 0.6) is 0 Å². The highest BCUT2D eigenvalue weighted by Gasteiger charge is 2.34. The highest BCUT2D eigenvalue weighted by molar-refractivity contribution is 9.10. The van der Waals surface area contributed by atoms with Crippen molar-refractivity contribution in [2.45, 2.75) is 26.9 Å². The van der Waals surface area contributed by atoms with Crippen LogP contribution in [0.25, 0.3) is 5.57 Å². The molecule has 110 valence electrons. The Balaban J connectivity index is 3.22. The second-order valence-electron chi connectivity index (χ2n) is 5.37. The van der Waals surface area contributed by atoms with Crippen molar-refractivity contribution >= 4 is 33.1 Å². The number of anilines is 1. The maximum absolute atomic E-state index is 12.8. The molecule has 0 aromatic heterocycles. The maximum Gasteiger partial charge on any atom is 0.416 e. The number of amides is 1. The van der Waals surface area contributed by atoms with E-state index in [2.05, 4.69) is 27.8 Å². The summed E-state index contributed by atoms with van der Waals surface area (Å²) in [5.41, 5.74) is -1.76. The average molecular weight is 350 g/mol. The van der Waals surface area contributed by atoms with Crippen LogP contribution < -0.4 is 5.32 Å². The highest BCUT2D eigenvalue weighted by Crippen LogP contribution is 2.37. The number of nitrogens with one attached hydrogen (secondary N) is 1. The summed E-state index contributed by atoms with van der Waals surface area (Å²) < 4.78 is 38.9. The van der Waals surface area contributed by atoms with Crippen LogP contribution in [0.3, 0.4) is 0 Å². The van der Waals surface area contributed by atoms with E-state index >= 15 is 0 Å². The molecule has 1 rings (SSSR count). The largest absolute Gasteiger partial charge is 0.416 e. The molecule has 0 atom stereocenters. The standard InChI is InChI=1S/C14H15BrF3NO/c1-8(14(16,17)18)10-6-5-9(15)7-11(10)19-12(20)13(2,3)4/h5-7H,1H2,2-4H3,(H,19,20). The van der Waals surface area contributed by atoms with Crippen LogP contribution in [0, 0.1) is 5.41 Å². The first-order valence-corrected chi connectivity index (χ1v) is 6.59. The number of hydrogen-bond acceptors (Lipinski definition) is 1. The fraction of sp³-hybridized carbons (Fsp3) is 0.357. The molecule has 20 heavy (non-hydrogen) atoms. The quantitative estimate of drug-likeness (QED) is 0.798. The Morgan fingerprint density at radius 2 is 1.80 bits per heavy atom. The van der Waals surface area contributed by atoms with Crippen molar-refractivity contribution in [1.82, 2.24) is 0 Å². The van der Waals surface area contributed by atoms with Crippen LogP contribution >= 0.6 is 15.9 Å². The Kier molecular flexibility index (Phi) is 4.69. The van der Waals surface area contributed by atoms with E-state index in [0.717, 1.165) is 0 Å². The van der Waals surface area contributed by atoms with Crippen molar-refractivity contribution < 1.29 is 18.0 Å². The fourth-order valence-electron chi connectivity index (χ4n) is 1.35. The molecule has 2 nitrogen and oxygen atoms in total. The first-order chi connectivity index (χ1) is 8.93. The molecule has 1 aromatic rings. The number of rotatable bonds is 2. The van der Waals surface area contributed by atoms with Gasteiger partial charge in [0, 0.05) is 21.1 Å². The van der Waals surface area contributed by atoms with Gasteiger partial charge in [0.1, 0.15) is 0 Å². The number of benzene rings is 1. The van der Waals surface area contributed by atoms with Gasteiger partial charge in [-0.25, -0.2) is 0 Å². The number of allylic oxidation sites excluding steroid dienone is 1. The minimum absolute atomic E-state index is 0.0848. The highest BCUT2D eigenvalue weighted by atomic mass is 79.9. The summed E-state index contributed by atoms with van der Waals surface area (Å²) in [5.74, 6) is -0.369. The van der Waals surface area contributed by atoms with Crippen molar-refractivity contribution in [2.75, 3.05) is 5.32 Å². The summed E-state index contributed by atoms with van der Waals surface area (Å²) in [6, 6.07) is 4.17. The molecular formula is C14H15BrF3NO. The smallest absolute Gasteiger partial charge is 0.325 e. The summed E-state index contributed by atoms with van der Waals surface area (Å²) in [4.78, 5) is 11.9. The molecule has 0 radical (unpaired) electrons. The van der Waals surface area contributed by atoms with Gasteiger partial charge in [-0.15, -0.1) is 0 Å². The van der Waals surface area contributed by atoms with Crippen molar-refractivity contribution in [3.05, 3.63) is 34.8 Å². The number of carbonyl (C=O) groups excluding carboxylic acids is 1. The van der Waals surface area contributed by atoms with Gasteiger partial charge in [-0.3, -0.25) is 4.79 Å². The zero-order valence-corrected chi connectivity index (χ0v) is 12.9. The van der Waals surface area contributed by atoms with E-state index in [0.29, 0.717) is 4.47 Å². The van der Waals surface area contributed by atoms with Crippen LogP contribution in [0.15, 0.2) is 29.3 Å². The summed E-state index contributed by atoms with van der Waals surface area (Å²) in [6.45, 7) is 8.10. The molecule has 0 saturated heterocycles. The van der Waals surface area contributed by atoms with Crippen LogP contribution in [-0.2, 0) is 4.79 Å². The molecule has 0 aliphatic carbocycles. The molecule has 0 bridgehead atoms. The molecule has 0 heterocycles. The van der Waals surface area contributed by atoms with Gasteiger partial charge in [0.2, 0.25) is 5.91 Å². The van der Waals surface area contributed by atoms with Crippen LogP contribution in [-0.4, -0.2) is 12.1 Å². The van der Waals surface area contributed by atoms with E-state index in [1.165, 1.54) is 18.2 Å². The van der Waals surface area contributed by atoms with E-state index in [9.17, 15) is 18.0 Å². The first kappa shape index (κ1) is 16.8. The Hall–Kier alpha value is -1.30. The lowest BCUT2D eigenvalue weighted by Gasteiger charge is -2.21. The second kappa shape index (κ2) is 5.60. The Morgan fingerprint density at radius 3 is 2.25 bits per heavy atom. The van der Waals surface area contributed by atoms with Gasteiger partial charge < -0.3 is 5.32 Å². The summed E-state index contributed by atoms with van der Waals surface area (Å²) in [6.07, 6.45) is -4.55. The van der Waals surface area contributed by atoms with Crippen LogP contribution in [0.2, 0.25) is 0 Å². The minimum Gasteiger partial charge on any atom is -0.325 e. The average Bonchev–Trinajstić information content (AvgIpc) is 2.25. The lowest BCUT2D eigenvalue weighted by Crippen LogP contribution is -2.28. The zero-order valence-electron chi connectivity index (χ0n) is 11.4. The third kappa shape index (κ3) is 4.10. The number of hydrogen-bond donors (Lipinski definition) is 1. The lowest BCUT2D eigenvalue weighted by atomic mass is 9.95. The van der Waals surface area contributed by atoms with Crippen LogP contribution in [0.1, 0.15) is 26.3 Å². The zero-order chi connectivity index (χ0) is 15.7. The first-order valence-electron chi connectivity index (χ1n) is 5.80. The van der Waals surface area contributed by atoms with Crippen molar-refractivity contribution in [3.8, 4) is 0 Å². The fourth-order valence-corrected chi connectivity index (χ4v) is 1.71. The third-order valence-corrected chi connectivity index (χ3v) is 3.07. The lowest BCUT2D eigenvalue weighted by molar-refractivity contribution is -0.123. The normalized spacial score (nSPS) is 12.2. The maximum atomic E-state index is 12.8. The van der Waals surface area contributed by atoms with Gasteiger partial charge in [-0.2, -0.15) is 13.2 Å². The number of halogens is 4. The van der Waals surface area contributed by atoms with Gasteiger partial charge in [0.05, 0.1) is 5.57 Å². The number of carbonyl (C=O) groups is 1. The van der Waals surface area contributed by atoms with E-state index in [4.69, 9.17) is 0 Å². The topological polar surface area (TPSA) is 29.1 Å². The van der Waals surface area contributed by atoms with E-state index in [1.54, 1.807) is 20.8 Å². The SMILES string of the molecule is C=C(c1ccc(Br)cc1NC(=O)C(C)(C)C)C(F)(F)F. The predicted molar refractivity (Wildman–Crippen MR) is 77.3 cm³/mol. The Morgan fingerprint density at radius 1 is 1.25 bits per heavy atom. The van der Waals surface area contributed by atoms with Crippen molar-refractivity contribution in [1.29, 1.82) is 0 Å². The molecule has 0 aliphatic heterocycles. The van der Waals surface area contributed by atoms with E-state index in [1.807, 2.05) is 0 Å². The molecule has 1 N–H and O–H groups in total. The van der Waals surface area contributed by atoms with E-state index in [-0.39, 0.29) is 17.2 Å². The Bertz CT molecular complexity index is 544. The second-order valence-corrected chi connectivity index (χ2v) is 6.29. The monoisotopic (exact) mass is 349 g/mol. The predicted octanol–water partition coefficient (Wildman–Crippen LogP) is 5.01. The summed E-state index contributed by atoms with van der Waals surface area (Å²) in [5, 5.41) is 2.51. The number of alkyl halides is 3. The van der Waals surface area contributed by atoms with Crippen molar-refractivity contribution in [2.24, 2.45) is 5.41 Å². The van der Waals surface area contributed by atoms with Gasteiger partial charge in [0.25, 0.3) is 0 Å². The molecule has 0 aliphatic rings. The third-order valence-electron chi connectivity index (χ3n) is 2.58. The van der Waals surface area contributed by atoms with Crippen LogP contribution in [0.4, 0.5) is 18.9 Å². The molecule has 0 spiro atoms. The summed E-state index contributed by atoms with van der Waals surface area (Å²) >= 11 is 3.17. The van der Waals surface area contributed by atoms with Crippen molar-refractivity contribution in [3.63, 3.8) is 0 Å². The molecule has 1 aromatic carbocycles. The molecule has 0 saturated carbocycles. The molecule has 0 unspecified atom stereocenters.